The minimum atomic E-state index is -3.18. The highest BCUT2D eigenvalue weighted by Crippen LogP contribution is 2.69. The van der Waals surface area contributed by atoms with Crippen molar-refractivity contribution in [3.8, 4) is 0 Å². The summed E-state index contributed by atoms with van der Waals surface area (Å²) in [6.45, 7) is 0. The van der Waals surface area contributed by atoms with E-state index in [0.29, 0.717) is 0 Å². The second-order valence-electron chi connectivity index (χ2n) is 1.46. The molecule has 5 heteroatoms. The standard InChI is InChI=1S/C3Cl3F2/c4-1-2(5,6)3(1,7)8. The van der Waals surface area contributed by atoms with Crippen molar-refractivity contribution in [1.29, 1.82) is 0 Å². The van der Waals surface area contributed by atoms with E-state index in [0.717, 1.165) is 0 Å². The van der Waals surface area contributed by atoms with E-state index in [1.165, 1.54) is 0 Å². The molecule has 1 aliphatic rings. The number of alkyl halides is 4. The Morgan fingerprint density at radius 1 is 1.25 bits per heavy atom. The second-order valence-corrected chi connectivity index (χ2v) is 3.17. The Kier molecular flexibility index (Phi) is 1.21. The van der Waals surface area contributed by atoms with Crippen LogP contribution in [0.2, 0.25) is 0 Å². The molecule has 0 aromatic heterocycles. The third-order valence-electron chi connectivity index (χ3n) is 0.883. The van der Waals surface area contributed by atoms with Crippen LogP contribution in [0.1, 0.15) is 0 Å². The van der Waals surface area contributed by atoms with E-state index in [2.05, 4.69) is 0 Å². The van der Waals surface area contributed by atoms with Crippen LogP contribution in [-0.2, 0) is 0 Å². The maximum absolute atomic E-state index is 11.9. The van der Waals surface area contributed by atoms with Gasteiger partial charge in [-0.15, -0.1) is 11.6 Å². The molecule has 1 radical (unpaired) electrons. The average Bonchev–Trinajstić information content (AvgIpc) is 1.88. The molecule has 0 spiro atoms. The number of halogens is 5. The summed E-state index contributed by atoms with van der Waals surface area (Å²) >= 11 is 14.7. The first kappa shape index (κ1) is 6.84. The summed E-state index contributed by atoms with van der Waals surface area (Å²) in [5.74, 6) is -3.18. The lowest BCUT2D eigenvalue weighted by atomic mass is 10.8. The highest BCUT2D eigenvalue weighted by atomic mass is 35.5. The Hall–Kier alpha value is 0.730. The van der Waals surface area contributed by atoms with Gasteiger partial charge in [-0.05, 0) is 0 Å². The van der Waals surface area contributed by atoms with Crippen molar-refractivity contribution in [3.05, 3.63) is 5.38 Å². The average molecular weight is 180 g/mol. The maximum Gasteiger partial charge on any atom is 0.306 e. The molecule has 1 aliphatic carbocycles. The number of hydrogen-bond acceptors (Lipinski definition) is 0. The van der Waals surface area contributed by atoms with E-state index >= 15 is 0 Å². The summed E-state index contributed by atoms with van der Waals surface area (Å²) in [6, 6.07) is 0. The van der Waals surface area contributed by atoms with Gasteiger partial charge in [-0.25, -0.2) is 8.78 Å². The number of hydrogen-bond donors (Lipinski definition) is 0. The summed E-state index contributed by atoms with van der Waals surface area (Å²) in [5, 5.41) is -0.687. The van der Waals surface area contributed by atoms with Crippen LogP contribution in [0.5, 0.6) is 0 Å². The molecular weight excluding hydrogens is 180 g/mol. The van der Waals surface area contributed by atoms with Crippen molar-refractivity contribution in [1.82, 2.24) is 0 Å². The molecule has 47 valence electrons. The van der Waals surface area contributed by atoms with Crippen molar-refractivity contribution >= 4 is 34.8 Å². The quantitative estimate of drug-likeness (QED) is 0.503. The Morgan fingerprint density at radius 2 is 1.38 bits per heavy atom. The highest BCUT2D eigenvalue weighted by molar-refractivity contribution is 6.61. The third kappa shape index (κ3) is 0.568. The molecular formula is C3Cl3F2. The smallest absolute Gasteiger partial charge is 0.201 e. The van der Waals surface area contributed by atoms with E-state index in [4.69, 9.17) is 34.8 Å². The first-order valence-corrected chi connectivity index (χ1v) is 2.83. The molecule has 0 saturated heterocycles. The van der Waals surface area contributed by atoms with Gasteiger partial charge in [0.05, 0.1) is 0 Å². The summed E-state index contributed by atoms with van der Waals surface area (Å²) in [4.78, 5) is 0. The van der Waals surface area contributed by atoms with E-state index in [1.807, 2.05) is 0 Å². The van der Waals surface area contributed by atoms with Gasteiger partial charge in [0.25, 0.3) is 0 Å². The zero-order valence-corrected chi connectivity index (χ0v) is 5.66. The van der Waals surface area contributed by atoms with Crippen molar-refractivity contribution < 1.29 is 8.78 Å². The molecule has 0 atom stereocenters. The lowest BCUT2D eigenvalue weighted by Gasteiger charge is -1.89. The van der Waals surface area contributed by atoms with Gasteiger partial charge in [0, 0.05) is 0 Å². The van der Waals surface area contributed by atoms with Gasteiger partial charge in [0.15, 0.2) is 5.38 Å². The second kappa shape index (κ2) is 1.41. The molecule has 0 bridgehead atoms. The minimum absolute atomic E-state index is 0.687. The van der Waals surface area contributed by atoms with Crippen molar-refractivity contribution in [3.63, 3.8) is 0 Å². The van der Waals surface area contributed by atoms with Crippen LogP contribution in [0.4, 0.5) is 8.78 Å². The summed E-state index contributed by atoms with van der Waals surface area (Å²) in [5.41, 5.74) is 0. The van der Waals surface area contributed by atoms with Crippen LogP contribution in [-0.4, -0.2) is 10.3 Å². The molecule has 8 heavy (non-hydrogen) atoms. The Bertz CT molecular complexity index is 108. The lowest BCUT2D eigenvalue weighted by molar-refractivity contribution is 0.128. The van der Waals surface area contributed by atoms with Crippen molar-refractivity contribution in [2.45, 2.75) is 10.3 Å². The molecule has 0 heterocycles. The molecule has 0 aliphatic heterocycles. The molecule has 1 fully saturated rings. The van der Waals surface area contributed by atoms with Gasteiger partial charge >= 0.3 is 5.92 Å². The predicted octanol–water partition coefficient (Wildman–Crippen LogP) is 2.58. The van der Waals surface area contributed by atoms with Crippen LogP contribution < -0.4 is 0 Å². The van der Waals surface area contributed by atoms with Gasteiger partial charge < -0.3 is 0 Å². The molecule has 1 rings (SSSR count). The van der Waals surface area contributed by atoms with E-state index < -0.39 is 15.6 Å². The Morgan fingerprint density at radius 3 is 1.38 bits per heavy atom. The normalized spacial score (nSPS) is 32.6. The molecule has 0 unspecified atom stereocenters. The highest BCUT2D eigenvalue weighted by Gasteiger charge is 2.81. The monoisotopic (exact) mass is 179 g/mol. The first-order chi connectivity index (χ1) is 3.40. The minimum Gasteiger partial charge on any atom is -0.201 e. The zero-order valence-electron chi connectivity index (χ0n) is 3.39. The van der Waals surface area contributed by atoms with E-state index in [-0.39, 0.29) is 0 Å². The van der Waals surface area contributed by atoms with E-state index in [1.54, 1.807) is 0 Å². The largest absolute Gasteiger partial charge is 0.306 e. The van der Waals surface area contributed by atoms with Crippen LogP contribution in [0.15, 0.2) is 0 Å². The van der Waals surface area contributed by atoms with E-state index in [9.17, 15) is 8.78 Å². The van der Waals surface area contributed by atoms with Crippen molar-refractivity contribution in [2.24, 2.45) is 0 Å². The lowest BCUT2D eigenvalue weighted by Crippen LogP contribution is -1.99. The Labute approximate surface area is 59.7 Å². The van der Waals surface area contributed by atoms with Crippen LogP contribution in [0.3, 0.4) is 0 Å². The predicted molar refractivity (Wildman–Crippen MR) is 28.5 cm³/mol. The summed E-state index contributed by atoms with van der Waals surface area (Å²) in [7, 11) is 0. The topological polar surface area (TPSA) is 0 Å². The fourth-order valence-corrected chi connectivity index (χ4v) is 0.903. The number of rotatable bonds is 0. The fraction of sp³-hybridized carbons (Fsp3) is 0.667. The van der Waals surface area contributed by atoms with Crippen LogP contribution in [0.25, 0.3) is 0 Å². The maximum atomic E-state index is 11.9. The molecule has 0 amide bonds. The molecule has 0 nitrogen and oxygen atoms in total. The van der Waals surface area contributed by atoms with Gasteiger partial charge in [-0.3, -0.25) is 0 Å². The molecule has 1 saturated carbocycles. The van der Waals surface area contributed by atoms with Gasteiger partial charge in [-0.1, -0.05) is 23.2 Å². The van der Waals surface area contributed by atoms with Gasteiger partial charge in [0.2, 0.25) is 4.33 Å². The zero-order chi connectivity index (χ0) is 6.58. The van der Waals surface area contributed by atoms with Crippen LogP contribution >= 0.6 is 34.8 Å². The third-order valence-corrected chi connectivity index (χ3v) is 2.45. The molecule has 0 N–H and O–H groups in total. The van der Waals surface area contributed by atoms with Crippen LogP contribution in [0, 0.1) is 5.38 Å². The van der Waals surface area contributed by atoms with Crippen molar-refractivity contribution in [2.75, 3.05) is 0 Å². The summed E-state index contributed by atoms with van der Waals surface area (Å²) < 4.78 is 21.6. The fourth-order valence-electron chi connectivity index (χ4n) is 0.261. The molecule has 0 aromatic rings. The van der Waals surface area contributed by atoms with Gasteiger partial charge in [0.1, 0.15) is 0 Å². The Balaban J connectivity index is 2.72. The van der Waals surface area contributed by atoms with Gasteiger partial charge in [-0.2, -0.15) is 0 Å². The first-order valence-electron chi connectivity index (χ1n) is 1.69. The molecule has 0 aromatic carbocycles. The summed E-state index contributed by atoms with van der Waals surface area (Å²) in [6.07, 6.45) is 0. The SMILES string of the molecule is FC1(F)[C](Cl)C1(Cl)Cl.